The van der Waals surface area contributed by atoms with Gasteiger partial charge in [-0.1, -0.05) is 0 Å². The maximum absolute atomic E-state index is 13.3. The summed E-state index contributed by atoms with van der Waals surface area (Å²) in [4.78, 5) is 39.5. The van der Waals surface area contributed by atoms with Gasteiger partial charge in [-0.3, -0.25) is 4.79 Å². The third kappa shape index (κ3) is 3.54. The lowest BCUT2D eigenvalue weighted by atomic mass is 10.2. The Morgan fingerprint density at radius 2 is 1.83 bits per heavy atom. The molecule has 0 saturated carbocycles. The number of halogens is 1. The number of fused-ring (bicyclic) bond motifs is 2. The highest BCUT2D eigenvalue weighted by Gasteiger charge is 2.19. The maximum atomic E-state index is 13.3. The molecule has 1 fully saturated rings. The summed E-state index contributed by atoms with van der Waals surface area (Å²) in [6.07, 6.45) is 2.83. The van der Waals surface area contributed by atoms with Crippen molar-refractivity contribution in [1.29, 1.82) is 0 Å². The zero-order valence-electron chi connectivity index (χ0n) is 16.2. The van der Waals surface area contributed by atoms with E-state index in [-0.39, 0.29) is 23.8 Å². The first-order chi connectivity index (χ1) is 14.5. The monoisotopic (exact) mass is 408 g/mol. The molecule has 2 aromatic carbocycles. The van der Waals surface area contributed by atoms with E-state index in [1.807, 2.05) is 6.07 Å². The zero-order chi connectivity index (χ0) is 20.7. The molecule has 4 aromatic rings. The molecule has 154 valence electrons. The van der Waals surface area contributed by atoms with Gasteiger partial charge in [-0.25, -0.2) is 14.2 Å². The third-order valence-electron chi connectivity index (χ3n) is 5.43. The number of H-pyrrole nitrogens is 3. The van der Waals surface area contributed by atoms with Crippen LogP contribution in [0.1, 0.15) is 25.1 Å². The summed E-state index contributed by atoms with van der Waals surface area (Å²) in [5.74, 6) is 0.151. The molecule has 9 heteroatoms. The Kier molecular flexibility index (Phi) is 4.50. The van der Waals surface area contributed by atoms with Crippen LogP contribution in [-0.4, -0.2) is 38.9 Å². The van der Waals surface area contributed by atoms with Crippen molar-refractivity contribution in [2.45, 2.75) is 25.7 Å². The molecule has 0 unspecified atom stereocenters. The number of carbonyl (C=O) groups is 1. The van der Waals surface area contributed by atoms with Gasteiger partial charge >= 0.3 is 5.69 Å². The molecular weight excluding hydrogens is 387 g/mol. The van der Waals surface area contributed by atoms with Crippen molar-refractivity contribution >= 4 is 39.3 Å². The van der Waals surface area contributed by atoms with Crippen molar-refractivity contribution in [2.24, 2.45) is 0 Å². The molecule has 1 saturated heterocycles. The van der Waals surface area contributed by atoms with Gasteiger partial charge in [0.2, 0.25) is 5.91 Å². The highest BCUT2D eigenvalue weighted by Crippen LogP contribution is 2.32. The van der Waals surface area contributed by atoms with E-state index in [4.69, 9.17) is 0 Å². The van der Waals surface area contributed by atoms with Crippen LogP contribution in [-0.2, 0) is 11.2 Å². The average Bonchev–Trinajstić information content (AvgIpc) is 3.44. The zero-order valence-corrected chi connectivity index (χ0v) is 16.2. The highest BCUT2D eigenvalue weighted by molar-refractivity contribution is 5.98. The first kappa shape index (κ1) is 18.4. The van der Waals surface area contributed by atoms with Crippen LogP contribution in [0.3, 0.4) is 0 Å². The third-order valence-corrected chi connectivity index (χ3v) is 5.43. The SMILES string of the molecule is O=C(CCc1nc2ccc(F)cc2[nH]1)Nc1cc2[nH]c(=O)[nH]c2cc1N1CCCC1. The van der Waals surface area contributed by atoms with Crippen molar-refractivity contribution in [3.05, 3.63) is 52.5 Å². The van der Waals surface area contributed by atoms with Crippen molar-refractivity contribution in [3.63, 3.8) is 0 Å². The van der Waals surface area contributed by atoms with Gasteiger partial charge < -0.3 is 25.2 Å². The summed E-state index contributed by atoms with van der Waals surface area (Å²) in [5, 5.41) is 2.98. The van der Waals surface area contributed by atoms with E-state index in [0.29, 0.717) is 34.5 Å². The van der Waals surface area contributed by atoms with E-state index in [2.05, 4.69) is 30.2 Å². The van der Waals surface area contributed by atoms with E-state index in [9.17, 15) is 14.0 Å². The lowest BCUT2D eigenvalue weighted by Crippen LogP contribution is -2.21. The van der Waals surface area contributed by atoms with Crippen LogP contribution >= 0.6 is 0 Å². The number of nitrogens with one attached hydrogen (secondary N) is 4. The van der Waals surface area contributed by atoms with Crippen LogP contribution in [0.25, 0.3) is 22.1 Å². The summed E-state index contributed by atoms with van der Waals surface area (Å²) in [7, 11) is 0. The quantitative estimate of drug-likeness (QED) is 0.407. The topological polar surface area (TPSA) is 110 Å². The number of hydrogen-bond acceptors (Lipinski definition) is 4. The molecule has 4 N–H and O–H groups in total. The number of aryl methyl sites for hydroxylation is 1. The fraction of sp³-hybridized carbons (Fsp3) is 0.286. The number of carbonyl (C=O) groups excluding carboxylic acids is 1. The Morgan fingerprint density at radius 1 is 1.07 bits per heavy atom. The number of anilines is 2. The number of hydrogen-bond donors (Lipinski definition) is 4. The van der Waals surface area contributed by atoms with Gasteiger partial charge in [0.1, 0.15) is 11.6 Å². The van der Waals surface area contributed by atoms with Crippen LogP contribution in [0, 0.1) is 5.82 Å². The summed E-state index contributed by atoms with van der Waals surface area (Å²) in [6.45, 7) is 1.83. The second-order valence-electron chi connectivity index (χ2n) is 7.58. The van der Waals surface area contributed by atoms with E-state index >= 15 is 0 Å². The predicted molar refractivity (Wildman–Crippen MR) is 113 cm³/mol. The number of benzene rings is 2. The molecule has 1 amide bonds. The van der Waals surface area contributed by atoms with Crippen LogP contribution < -0.4 is 15.9 Å². The fourth-order valence-electron chi connectivity index (χ4n) is 3.99. The maximum Gasteiger partial charge on any atom is 0.323 e. The molecule has 0 atom stereocenters. The minimum absolute atomic E-state index is 0.153. The van der Waals surface area contributed by atoms with Gasteiger partial charge in [0.05, 0.1) is 33.4 Å². The molecule has 5 rings (SSSR count). The number of rotatable bonds is 5. The normalized spacial score (nSPS) is 14.1. The van der Waals surface area contributed by atoms with Crippen molar-refractivity contribution < 1.29 is 9.18 Å². The average molecular weight is 408 g/mol. The second-order valence-corrected chi connectivity index (χ2v) is 7.58. The molecule has 0 bridgehead atoms. The van der Waals surface area contributed by atoms with Gasteiger partial charge in [0, 0.05) is 25.9 Å². The molecule has 0 spiro atoms. The van der Waals surface area contributed by atoms with Crippen LogP contribution in [0.15, 0.2) is 35.1 Å². The van der Waals surface area contributed by atoms with Crippen molar-refractivity contribution in [1.82, 2.24) is 19.9 Å². The Bertz CT molecular complexity index is 1300. The molecule has 2 aromatic heterocycles. The van der Waals surface area contributed by atoms with E-state index in [0.717, 1.165) is 37.1 Å². The lowest BCUT2D eigenvalue weighted by molar-refractivity contribution is -0.116. The Labute approximate surface area is 170 Å². The van der Waals surface area contributed by atoms with Gasteiger partial charge in [-0.15, -0.1) is 0 Å². The minimum Gasteiger partial charge on any atom is -0.370 e. The minimum atomic E-state index is -0.330. The van der Waals surface area contributed by atoms with Crippen molar-refractivity contribution in [2.75, 3.05) is 23.3 Å². The Balaban J connectivity index is 1.35. The summed E-state index contributed by atoms with van der Waals surface area (Å²) in [6, 6.07) is 8.06. The summed E-state index contributed by atoms with van der Waals surface area (Å²) < 4.78 is 13.3. The van der Waals surface area contributed by atoms with Crippen LogP contribution in [0.5, 0.6) is 0 Å². The number of nitrogens with zero attached hydrogens (tertiary/aromatic N) is 2. The number of aromatic amines is 3. The van der Waals surface area contributed by atoms with Crippen LogP contribution in [0.4, 0.5) is 15.8 Å². The second kappa shape index (κ2) is 7.33. The smallest absolute Gasteiger partial charge is 0.323 e. The predicted octanol–water partition coefficient (Wildman–Crippen LogP) is 3.04. The number of aromatic nitrogens is 4. The number of imidazole rings is 2. The van der Waals surface area contributed by atoms with E-state index in [1.165, 1.54) is 12.1 Å². The highest BCUT2D eigenvalue weighted by atomic mass is 19.1. The largest absolute Gasteiger partial charge is 0.370 e. The summed E-state index contributed by atoms with van der Waals surface area (Å²) >= 11 is 0. The standard InChI is InChI=1S/C21H21FN6O2/c22-12-3-4-13-14(9-12)24-19(23-13)5-6-20(29)25-17-10-15-16(27-21(30)26-15)11-18(17)28-7-1-2-8-28/h3-4,9-11H,1-2,5-8H2,(H,23,24)(H,25,29)(H2,26,27,30). The Morgan fingerprint density at radius 3 is 2.63 bits per heavy atom. The molecule has 3 heterocycles. The fourth-order valence-corrected chi connectivity index (χ4v) is 3.99. The molecule has 1 aliphatic heterocycles. The molecule has 0 aliphatic carbocycles. The van der Waals surface area contributed by atoms with E-state index < -0.39 is 0 Å². The van der Waals surface area contributed by atoms with Gasteiger partial charge in [-0.05, 0) is 43.2 Å². The molecule has 0 radical (unpaired) electrons. The molecular formula is C21H21FN6O2. The molecule has 1 aliphatic rings. The summed E-state index contributed by atoms with van der Waals surface area (Å²) in [5.41, 5.74) is 3.96. The van der Waals surface area contributed by atoms with Gasteiger partial charge in [0.15, 0.2) is 0 Å². The Hall–Kier alpha value is -3.62. The van der Waals surface area contributed by atoms with E-state index in [1.54, 1.807) is 12.1 Å². The number of amides is 1. The first-order valence-corrected chi connectivity index (χ1v) is 10.0. The van der Waals surface area contributed by atoms with Crippen molar-refractivity contribution in [3.8, 4) is 0 Å². The molecule has 8 nitrogen and oxygen atoms in total. The van der Waals surface area contributed by atoms with Gasteiger partial charge in [0.25, 0.3) is 0 Å². The molecule has 30 heavy (non-hydrogen) atoms. The van der Waals surface area contributed by atoms with Crippen LogP contribution in [0.2, 0.25) is 0 Å². The first-order valence-electron chi connectivity index (χ1n) is 10.0. The van der Waals surface area contributed by atoms with Gasteiger partial charge in [-0.2, -0.15) is 0 Å². The lowest BCUT2D eigenvalue weighted by Gasteiger charge is -2.21.